The molecule has 156 valence electrons. The van der Waals surface area contributed by atoms with Crippen molar-refractivity contribution in [2.45, 2.75) is 5.92 Å². The maximum Gasteiger partial charge on any atom is 0.170 e. The quantitative estimate of drug-likeness (QED) is 0.269. The molecule has 3 aromatic rings. The van der Waals surface area contributed by atoms with Crippen molar-refractivity contribution in [3.05, 3.63) is 119 Å². The van der Waals surface area contributed by atoms with E-state index < -0.39 is 40.8 Å². The molecule has 0 aliphatic heterocycles. The molecule has 0 aliphatic rings. The lowest BCUT2D eigenvalue weighted by Crippen LogP contribution is -2.19. The number of benzene rings is 3. The highest BCUT2D eigenvalue weighted by atomic mass is 19.1. The number of ketones is 2. The fraction of sp³-hybridized carbons (Fsp3) is 0.0400. The molecule has 0 bridgehead atoms. The summed E-state index contributed by atoms with van der Waals surface area (Å²) >= 11 is 0. The van der Waals surface area contributed by atoms with Gasteiger partial charge in [0.05, 0.1) is 0 Å². The Morgan fingerprint density at radius 3 is 1.52 bits per heavy atom. The molecule has 0 N–H and O–H groups in total. The van der Waals surface area contributed by atoms with E-state index in [0.29, 0.717) is 17.7 Å². The van der Waals surface area contributed by atoms with E-state index >= 15 is 0 Å². The van der Waals surface area contributed by atoms with Crippen molar-refractivity contribution in [1.82, 2.24) is 0 Å². The van der Waals surface area contributed by atoms with Crippen molar-refractivity contribution in [2.75, 3.05) is 0 Å². The van der Waals surface area contributed by atoms with Gasteiger partial charge in [-0.05, 0) is 54.1 Å². The summed E-state index contributed by atoms with van der Waals surface area (Å²) in [6.45, 7) is 0. The first-order valence-corrected chi connectivity index (χ1v) is 9.24. The topological polar surface area (TPSA) is 34.1 Å². The van der Waals surface area contributed by atoms with Crippen LogP contribution in [0, 0.1) is 23.3 Å². The van der Waals surface area contributed by atoms with Gasteiger partial charge in [-0.15, -0.1) is 0 Å². The van der Waals surface area contributed by atoms with E-state index in [1.54, 1.807) is 30.3 Å². The number of halogens is 4. The molecular formula is C25H16F4O2. The monoisotopic (exact) mass is 424 g/mol. The molecule has 0 spiro atoms. The second-order valence-corrected chi connectivity index (χ2v) is 6.65. The van der Waals surface area contributed by atoms with Crippen LogP contribution in [0.1, 0.15) is 22.6 Å². The van der Waals surface area contributed by atoms with Crippen LogP contribution >= 0.6 is 0 Å². The normalized spacial score (nSPS) is 12.4. The van der Waals surface area contributed by atoms with Crippen LogP contribution < -0.4 is 0 Å². The van der Waals surface area contributed by atoms with Crippen LogP contribution in [0.4, 0.5) is 17.6 Å². The molecule has 6 heteroatoms. The Hall–Kier alpha value is -3.80. The summed E-state index contributed by atoms with van der Waals surface area (Å²) in [7, 11) is 0. The molecule has 2 nitrogen and oxygen atoms in total. The molecule has 0 radical (unpaired) electrons. The van der Waals surface area contributed by atoms with Crippen LogP contribution in [-0.2, 0) is 9.59 Å². The SMILES string of the molecule is O=C(C=Cc1ccc(F)cc1F)C(C(=O)C=Cc1ccc(F)cc1F)c1ccccc1. The molecule has 0 saturated heterocycles. The third-order valence-corrected chi connectivity index (χ3v) is 4.48. The molecule has 0 fully saturated rings. The van der Waals surface area contributed by atoms with Gasteiger partial charge in [0.2, 0.25) is 0 Å². The summed E-state index contributed by atoms with van der Waals surface area (Å²) in [5.41, 5.74) is 0.363. The van der Waals surface area contributed by atoms with Gasteiger partial charge in [0.15, 0.2) is 11.6 Å². The largest absolute Gasteiger partial charge is 0.294 e. The predicted octanol–water partition coefficient (Wildman–Crippen LogP) is 5.89. The average molecular weight is 424 g/mol. The molecule has 0 aromatic heterocycles. The van der Waals surface area contributed by atoms with Gasteiger partial charge in [0.25, 0.3) is 0 Å². The molecule has 3 rings (SSSR count). The zero-order valence-corrected chi connectivity index (χ0v) is 16.1. The minimum absolute atomic E-state index is 0.0158. The lowest BCUT2D eigenvalue weighted by molar-refractivity contribution is -0.124. The molecule has 3 aromatic carbocycles. The fourth-order valence-corrected chi connectivity index (χ4v) is 2.92. The van der Waals surface area contributed by atoms with Crippen LogP contribution in [0.25, 0.3) is 12.2 Å². The number of carbonyl (C=O) groups is 2. The average Bonchev–Trinajstić information content (AvgIpc) is 2.73. The molecule has 0 atom stereocenters. The molecule has 0 heterocycles. The Kier molecular flexibility index (Phi) is 6.92. The summed E-state index contributed by atoms with van der Waals surface area (Å²) in [4.78, 5) is 25.6. The van der Waals surface area contributed by atoms with Crippen molar-refractivity contribution >= 4 is 23.7 Å². The highest BCUT2D eigenvalue weighted by molar-refractivity contribution is 6.17. The minimum Gasteiger partial charge on any atom is -0.294 e. The second-order valence-electron chi connectivity index (χ2n) is 6.65. The summed E-state index contributed by atoms with van der Waals surface area (Å²) in [5.74, 6) is -5.72. The number of rotatable bonds is 7. The first kappa shape index (κ1) is 21.9. The smallest absolute Gasteiger partial charge is 0.170 e. The standard InChI is InChI=1S/C25H16F4O2/c26-19-10-6-16(21(28)14-19)8-12-23(30)25(18-4-2-1-3-5-18)24(31)13-9-17-7-11-20(27)15-22(17)29/h1-15,25H. The van der Waals surface area contributed by atoms with E-state index in [1.165, 1.54) is 12.1 Å². The van der Waals surface area contributed by atoms with Gasteiger partial charge in [-0.2, -0.15) is 0 Å². The Labute approximate surface area is 176 Å². The predicted molar refractivity (Wildman–Crippen MR) is 110 cm³/mol. The maximum absolute atomic E-state index is 13.8. The van der Waals surface area contributed by atoms with Gasteiger partial charge in [-0.25, -0.2) is 17.6 Å². The number of allylic oxidation sites excluding steroid dienone is 2. The zero-order valence-electron chi connectivity index (χ0n) is 16.1. The Morgan fingerprint density at radius 1 is 0.645 bits per heavy atom. The summed E-state index contributed by atoms with van der Waals surface area (Å²) in [5, 5.41) is 0. The third kappa shape index (κ3) is 5.63. The molecule has 0 saturated carbocycles. The summed E-state index contributed by atoms with van der Waals surface area (Å²) in [6.07, 6.45) is 4.39. The molecule has 31 heavy (non-hydrogen) atoms. The fourth-order valence-electron chi connectivity index (χ4n) is 2.92. The van der Waals surface area contributed by atoms with Crippen LogP contribution in [0.2, 0.25) is 0 Å². The van der Waals surface area contributed by atoms with E-state index in [1.807, 2.05) is 0 Å². The lowest BCUT2D eigenvalue weighted by atomic mass is 9.89. The highest BCUT2D eigenvalue weighted by Crippen LogP contribution is 2.22. The van der Waals surface area contributed by atoms with Crippen molar-refractivity contribution in [3.8, 4) is 0 Å². The Morgan fingerprint density at radius 2 is 1.10 bits per heavy atom. The first-order valence-electron chi connectivity index (χ1n) is 9.24. The van der Waals surface area contributed by atoms with Gasteiger partial charge in [0.1, 0.15) is 29.2 Å². The minimum atomic E-state index is -1.25. The zero-order chi connectivity index (χ0) is 22.4. The molecule has 0 aliphatic carbocycles. The van der Waals surface area contributed by atoms with Gasteiger partial charge in [-0.3, -0.25) is 9.59 Å². The van der Waals surface area contributed by atoms with E-state index in [2.05, 4.69) is 0 Å². The Bertz CT molecular complexity index is 1090. The molecular weight excluding hydrogens is 408 g/mol. The van der Waals surface area contributed by atoms with Crippen LogP contribution in [-0.4, -0.2) is 11.6 Å². The maximum atomic E-state index is 13.8. The van der Waals surface area contributed by atoms with Gasteiger partial charge in [-0.1, -0.05) is 30.3 Å². The van der Waals surface area contributed by atoms with Gasteiger partial charge < -0.3 is 0 Å². The van der Waals surface area contributed by atoms with E-state index in [0.717, 1.165) is 36.4 Å². The summed E-state index contributed by atoms with van der Waals surface area (Å²) < 4.78 is 53.7. The first-order chi connectivity index (χ1) is 14.8. The number of hydrogen-bond donors (Lipinski definition) is 0. The number of carbonyl (C=O) groups excluding carboxylic acids is 2. The van der Waals surface area contributed by atoms with Crippen molar-refractivity contribution < 1.29 is 27.2 Å². The van der Waals surface area contributed by atoms with Crippen molar-refractivity contribution in [3.63, 3.8) is 0 Å². The van der Waals surface area contributed by atoms with E-state index in [-0.39, 0.29) is 11.1 Å². The van der Waals surface area contributed by atoms with Crippen LogP contribution in [0.3, 0.4) is 0 Å². The van der Waals surface area contributed by atoms with E-state index in [9.17, 15) is 27.2 Å². The van der Waals surface area contributed by atoms with Crippen molar-refractivity contribution in [1.29, 1.82) is 0 Å². The summed E-state index contributed by atoms with van der Waals surface area (Å²) in [6, 6.07) is 14.0. The van der Waals surface area contributed by atoms with E-state index in [4.69, 9.17) is 0 Å². The van der Waals surface area contributed by atoms with Gasteiger partial charge in [0, 0.05) is 23.3 Å². The van der Waals surface area contributed by atoms with Gasteiger partial charge >= 0.3 is 0 Å². The Balaban J connectivity index is 1.89. The third-order valence-electron chi connectivity index (χ3n) is 4.48. The second kappa shape index (κ2) is 9.80. The lowest BCUT2D eigenvalue weighted by Gasteiger charge is -2.11. The highest BCUT2D eigenvalue weighted by Gasteiger charge is 2.24. The molecule has 0 amide bonds. The van der Waals surface area contributed by atoms with Crippen LogP contribution in [0.15, 0.2) is 78.9 Å². The van der Waals surface area contributed by atoms with Crippen LogP contribution in [0.5, 0.6) is 0 Å². The van der Waals surface area contributed by atoms with Crippen molar-refractivity contribution in [2.24, 2.45) is 0 Å². The molecule has 0 unspecified atom stereocenters. The number of hydrogen-bond acceptors (Lipinski definition) is 2.